The molecule has 0 aliphatic carbocycles. The van der Waals surface area contributed by atoms with E-state index in [4.69, 9.17) is 27.7 Å². The molecule has 0 saturated carbocycles. The Morgan fingerprint density at radius 2 is 1.70 bits per heavy atom. The second-order valence-electron chi connectivity index (χ2n) is 5.21. The average Bonchev–Trinajstić information content (AvgIpc) is 2.95. The second-order valence-corrected chi connectivity index (χ2v) is 8.06. The van der Waals surface area contributed by atoms with Crippen molar-refractivity contribution in [3.63, 3.8) is 0 Å². The number of nitrogens with zero attached hydrogens (tertiary/aromatic N) is 4. The van der Waals surface area contributed by atoms with Crippen molar-refractivity contribution >= 4 is 39.2 Å². The highest BCUT2D eigenvalue weighted by Gasteiger charge is 2.26. The van der Waals surface area contributed by atoms with Gasteiger partial charge in [-0.3, -0.25) is 0 Å². The van der Waals surface area contributed by atoms with Crippen LogP contribution in [-0.2, 0) is 10.0 Å². The molecule has 2 heterocycles. The third-order valence-electron chi connectivity index (χ3n) is 3.51. The van der Waals surface area contributed by atoms with E-state index in [1.807, 2.05) is 4.90 Å². The van der Waals surface area contributed by atoms with Crippen LogP contribution in [0.25, 0.3) is 11.4 Å². The lowest BCUT2D eigenvalue weighted by molar-refractivity contribution is 0.356. The summed E-state index contributed by atoms with van der Waals surface area (Å²) < 4.78 is 29.7. The first-order chi connectivity index (χ1) is 10.8. The number of halogens is 2. The summed E-state index contributed by atoms with van der Waals surface area (Å²) >= 11 is 11.9. The first-order valence-corrected chi connectivity index (χ1v) is 9.43. The molecule has 0 N–H and O–H groups in total. The molecule has 1 fully saturated rings. The normalized spacial score (nSPS) is 16.7. The largest absolute Gasteiger partial charge is 0.324 e. The van der Waals surface area contributed by atoms with E-state index in [0.29, 0.717) is 53.6 Å². The van der Waals surface area contributed by atoms with Gasteiger partial charge >= 0.3 is 6.01 Å². The van der Waals surface area contributed by atoms with Crippen molar-refractivity contribution in [1.29, 1.82) is 0 Å². The highest BCUT2D eigenvalue weighted by atomic mass is 35.5. The lowest BCUT2D eigenvalue weighted by atomic mass is 10.2. The van der Waals surface area contributed by atoms with Crippen LogP contribution in [0.15, 0.2) is 22.7 Å². The maximum atomic E-state index is 11.5. The molecule has 124 valence electrons. The van der Waals surface area contributed by atoms with Crippen LogP contribution in [0.5, 0.6) is 0 Å². The van der Waals surface area contributed by atoms with Crippen LogP contribution >= 0.6 is 23.2 Å². The van der Waals surface area contributed by atoms with Gasteiger partial charge in [0, 0.05) is 41.8 Å². The molecule has 1 aliphatic rings. The van der Waals surface area contributed by atoms with Gasteiger partial charge in [-0.2, -0.15) is 9.29 Å². The maximum Gasteiger partial charge on any atom is 0.324 e. The van der Waals surface area contributed by atoms with E-state index in [1.54, 1.807) is 18.2 Å². The van der Waals surface area contributed by atoms with Crippen molar-refractivity contribution in [2.45, 2.75) is 0 Å². The van der Waals surface area contributed by atoms with Crippen LogP contribution in [0.2, 0.25) is 10.0 Å². The summed E-state index contributed by atoms with van der Waals surface area (Å²) in [7, 11) is -3.17. The van der Waals surface area contributed by atoms with Crippen molar-refractivity contribution in [3.8, 4) is 11.4 Å². The molecule has 1 aromatic carbocycles. The van der Waals surface area contributed by atoms with Crippen molar-refractivity contribution in [2.75, 3.05) is 37.3 Å². The highest BCUT2D eigenvalue weighted by molar-refractivity contribution is 7.88. The maximum absolute atomic E-state index is 11.5. The van der Waals surface area contributed by atoms with Gasteiger partial charge in [-0.25, -0.2) is 8.42 Å². The monoisotopic (exact) mass is 376 g/mol. The van der Waals surface area contributed by atoms with Crippen molar-refractivity contribution in [3.05, 3.63) is 28.2 Å². The SMILES string of the molecule is CS(=O)(=O)N1CCN(c2nc(-c3cc(Cl)cc(Cl)c3)no2)CC1. The predicted molar refractivity (Wildman–Crippen MR) is 88.4 cm³/mol. The summed E-state index contributed by atoms with van der Waals surface area (Å²) in [4.78, 5) is 6.19. The predicted octanol–water partition coefficient (Wildman–Crippen LogP) is 2.12. The number of benzene rings is 1. The third-order valence-corrected chi connectivity index (χ3v) is 5.25. The molecule has 0 amide bonds. The Balaban J connectivity index is 1.75. The molecule has 0 spiro atoms. The Labute approximate surface area is 143 Å². The van der Waals surface area contributed by atoms with E-state index >= 15 is 0 Å². The molecule has 1 aromatic heterocycles. The first-order valence-electron chi connectivity index (χ1n) is 6.83. The van der Waals surface area contributed by atoms with Crippen LogP contribution in [0, 0.1) is 0 Å². The van der Waals surface area contributed by atoms with E-state index in [1.165, 1.54) is 10.6 Å². The number of aromatic nitrogens is 2. The molecule has 0 radical (unpaired) electrons. The molecule has 0 atom stereocenters. The van der Waals surface area contributed by atoms with Crippen LogP contribution < -0.4 is 4.90 Å². The Morgan fingerprint density at radius 3 is 2.26 bits per heavy atom. The Bertz CT molecular complexity index is 796. The molecule has 10 heteroatoms. The summed E-state index contributed by atoms with van der Waals surface area (Å²) in [6.45, 7) is 1.76. The molecule has 7 nitrogen and oxygen atoms in total. The number of anilines is 1. The average molecular weight is 377 g/mol. The number of sulfonamides is 1. The lowest BCUT2D eigenvalue weighted by Gasteiger charge is -2.31. The van der Waals surface area contributed by atoms with E-state index in [2.05, 4.69) is 10.1 Å². The molecule has 1 saturated heterocycles. The van der Waals surface area contributed by atoms with Gasteiger partial charge in [0.15, 0.2) is 0 Å². The van der Waals surface area contributed by atoms with E-state index in [9.17, 15) is 8.42 Å². The minimum atomic E-state index is -3.17. The van der Waals surface area contributed by atoms with Gasteiger partial charge in [0.2, 0.25) is 15.8 Å². The van der Waals surface area contributed by atoms with Crippen LogP contribution in [-0.4, -0.2) is 55.3 Å². The number of rotatable bonds is 3. The third kappa shape index (κ3) is 3.77. The quantitative estimate of drug-likeness (QED) is 0.815. The smallest absolute Gasteiger partial charge is 0.322 e. The molecule has 0 unspecified atom stereocenters. The molecule has 0 bridgehead atoms. The Kier molecular flexibility index (Phi) is 4.50. The Morgan fingerprint density at radius 1 is 1.09 bits per heavy atom. The minimum Gasteiger partial charge on any atom is -0.322 e. The zero-order valence-corrected chi connectivity index (χ0v) is 14.6. The zero-order valence-electron chi connectivity index (χ0n) is 12.2. The highest BCUT2D eigenvalue weighted by Crippen LogP contribution is 2.27. The fourth-order valence-electron chi connectivity index (χ4n) is 2.36. The summed E-state index contributed by atoms with van der Waals surface area (Å²) in [6.07, 6.45) is 1.20. The Hall–Kier alpha value is -1.35. The van der Waals surface area contributed by atoms with E-state index in [0.717, 1.165) is 0 Å². The van der Waals surface area contributed by atoms with E-state index < -0.39 is 10.0 Å². The van der Waals surface area contributed by atoms with Gasteiger partial charge in [-0.15, -0.1) is 0 Å². The second kappa shape index (κ2) is 6.27. The fraction of sp³-hybridized carbons (Fsp3) is 0.385. The van der Waals surface area contributed by atoms with Crippen molar-refractivity contribution in [2.24, 2.45) is 0 Å². The molecule has 23 heavy (non-hydrogen) atoms. The standard InChI is InChI=1S/C13H14Cl2N4O3S/c1-23(20,21)19-4-2-18(3-5-19)13-16-12(17-22-13)9-6-10(14)8-11(15)7-9/h6-8H,2-5H2,1H3. The summed E-state index contributed by atoms with van der Waals surface area (Å²) in [5.74, 6) is 0.384. The van der Waals surface area contributed by atoms with Gasteiger partial charge < -0.3 is 9.42 Å². The van der Waals surface area contributed by atoms with Gasteiger partial charge in [-0.1, -0.05) is 28.4 Å². The van der Waals surface area contributed by atoms with Gasteiger partial charge in [0.1, 0.15) is 0 Å². The summed E-state index contributed by atoms with van der Waals surface area (Å²) in [5, 5.41) is 4.91. The van der Waals surface area contributed by atoms with Gasteiger partial charge in [0.25, 0.3) is 0 Å². The zero-order chi connectivity index (χ0) is 16.6. The molecule has 1 aliphatic heterocycles. The first kappa shape index (κ1) is 16.5. The fourth-order valence-corrected chi connectivity index (χ4v) is 3.71. The number of hydrogen-bond donors (Lipinski definition) is 0. The van der Waals surface area contributed by atoms with Crippen LogP contribution in [0.4, 0.5) is 6.01 Å². The van der Waals surface area contributed by atoms with E-state index in [-0.39, 0.29) is 0 Å². The molecular weight excluding hydrogens is 363 g/mol. The van der Waals surface area contributed by atoms with Gasteiger partial charge in [-0.05, 0) is 18.2 Å². The van der Waals surface area contributed by atoms with Gasteiger partial charge in [0.05, 0.1) is 6.26 Å². The molecule has 3 rings (SSSR count). The minimum absolute atomic E-state index is 0.351. The summed E-state index contributed by atoms with van der Waals surface area (Å²) in [6, 6.07) is 5.37. The van der Waals surface area contributed by atoms with Crippen molar-refractivity contribution < 1.29 is 12.9 Å². The van der Waals surface area contributed by atoms with Crippen molar-refractivity contribution in [1.82, 2.24) is 14.4 Å². The number of piperazine rings is 1. The molecular formula is C13H14Cl2N4O3S. The lowest BCUT2D eigenvalue weighted by Crippen LogP contribution is -2.48. The summed E-state index contributed by atoms with van der Waals surface area (Å²) in [5.41, 5.74) is 0.660. The van der Waals surface area contributed by atoms with Crippen LogP contribution in [0.1, 0.15) is 0 Å². The molecule has 2 aromatic rings. The topological polar surface area (TPSA) is 79.5 Å². The number of hydrogen-bond acceptors (Lipinski definition) is 6. The van der Waals surface area contributed by atoms with Crippen LogP contribution in [0.3, 0.4) is 0 Å².